The summed E-state index contributed by atoms with van der Waals surface area (Å²) in [5.41, 5.74) is 0.730. The topological polar surface area (TPSA) is 59.4 Å². The van der Waals surface area contributed by atoms with E-state index in [0.717, 1.165) is 25.1 Å². The van der Waals surface area contributed by atoms with Crippen LogP contribution in [0.3, 0.4) is 0 Å². The number of carbonyl (C=O) groups excluding carboxylic acids is 1. The molecule has 8 heteroatoms. The van der Waals surface area contributed by atoms with Gasteiger partial charge in [0.15, 0.2) is 0 Å². The highest BCUT2D eigenvalue weighted by Gasteiger charge is 2.38. The Morgan fingerprint density at radius 1 is 1.52 bits per heavy atom. The normalized spacial score (nSPS) is 26.4. The summed E-state index contributed by atoms with van der Waals surface area (Å²) < 4.78 is 33.4. The molecule has 1 amide bonds. The van der Waals surface area contributed by atoms with E-state index in [1.165, 1.54) is 4.68 Å². The minimum absolute atomic E-state index is 0.0689. The number of nitrogens with zero attached hydrogens (tertiary/aromatic N) is 3. The van der Waals surface area contributed by atoms with Gasteiger partial charge in [-0.05, 0) is 32.1 Å². The molecule has 0 unspecified atom stereocenters. The van der Waals surface area contributed by atoms with Gasteiger partial charge in [-0.1, -0.05) is 0 Å². The molecule has 1 saturated heterocycles. The zero-order valence-electron chi connectivity index (χ0n) is 14.8. The second kappa shape index (κ2) is 7.68. The number of aryl methyl sites for hydroxylation is 1. The maximum Gasteiger partial charge on any atom is 0.260 e. The highest BCUT2D eigenvalue weighted by Crippen LogP contribution is 2.36. The molecule has 140 valence electrons. The summed E-state index contributed by atoms with van der Waals surface area (Å²) in [5, 5.41) is 7.59. The minimum atomic E-state index is -2.45. The molecule has 1 N–H and O–H groups in total. The minimum Gasteiger partial charge on any atom is -0.384 e. The Kier molecular flexibility index (Phi) is 5.56. The van der Waals surface area contributed by atoms with Gasteiger partial charge in [-0.3, -0.25) is 4.79 Å². The van der Waals surface area contributed by atoms with Crippen LogP contribution in [-0.2, 0) is 9.53 Å². The van der Waals surface area contributed by atoms with Crippen LogP contribution in [-0.4, -0.2) is 59.9 Å². The summed E-state index contributed by atoms with van der Waals surface area (Å²) >= 11 is 0. The van der Waals surface area contributed by atoms with Crippen molar-refractivity contribution in [3.8, 4) is 0 Å². The number of hydrogen-bond donors (Lipinski definition) is 1. The molecule has 2 aliphatic rings. The number of aromatic nitrogens is 2. The highest BCUT2D eigenvalue weighted by molar-refractivity contribution is 5.76. The third-order valence-electron chi connectivity index (χ3n) is 5.19. The molecular weight excluding hydrogens is 330 g/mol. The van der Waals surface area contributed by atoms with E-state index in [-0.39, 0.29) is 17.9 Å². The second-order valence-corrected chi connectivity index (χ2v) is 6.99. The maximum atomic E-state index is 13.5. The third-order valence-corrected chi connectivity index (χ3v) is 5.19. The van der Waals surface area contributed by atoms with Crippen LogP contribution in [0, 0.1) is 12.8 Å². The van der Waals surface area contributed by atoms with Crippen LogP contribution < -0.4 is 5.32 Å². The number of amides is 1. The van der Waals surface area contributed by atoms with Crippen LogP contribution in [0.15, 0.2) is 6.07 Å². The summed E-state index contributed by atoms with van der Waals surface area (Å²) in [6, 6.07) is 0.835. The molecule has 3 atom stereocenters. The van der Waals surface area contributed by atoms with Gasteiger partial charge in [-0.15, -0.1) is 0 Å². The highest BCUT2D eigenvalue weighted by atomic mass is 19.3. The zero-order valence-corrected chi connectivity index (χ0v) is 14.8. The second-order valence-electron chi connectivity index (χ2n) is 6.99. The van der Waals surface area contributed by atoms with Crippen LogP contribution in [0.4, 0.5) is 14.6 Å². The lowest BCUT2D eigenvalue weighted by Crippen LogP contribution is -2.48. The van der Waals surface area contributed by atoms with E-state index in [2.05, 4.69) is 10.4 Å². The molecule has 3 heterocycles. The van der Waals surface area contributed by atoms with Gasteiger partial charge >= 0.3 is 0 Å². The van der Waals surface area contributed by atoms with Crippen LogP contribution in [0.25, 0.3) is 0 Å². The van der Waals surface area contributed by atoms with E-state index < -0.39 is 12.5 Å². The van der Waals surface area contributed by atoms with Crippen molar-refractivity contribution in [1.82, 2.24) is 14.7 Å². The molecule has 0 aromatic carbocycles. The van der Waals surface area contributed by atoms with Gasteiger partial charge in [-0.2, -0.15) is 5.10 Å². The van der Waals surface area contributed by atoms with Gasteiger partial charge in [0.1, 0.15) is 11.9 Å². The third kappa shape index (κ3) is 3.94. The molecule has 1 aromatic heterocycles. The van der Waals surface area contributed by atoms with Crippen LogP contribution in [0.1, 0.15) is 37.4 Å². The van der Waals surface area contributed by atoms with Gasteiger partial charge in [0.2, 0.25) is 5.91 Å². The summed E-state index contributed by atoms with van der Waals surface area (Å²) in [6.45, 7) is 3.57. The number of alkyl halides is 2. The average molecular weight is 356 g/mol. The van der Waals surface area contributed by atoms with Gasteiger partial charge in [-0.25, -0.2) is 13.5 Å². The van der Waals surface area contributed by atoms with Crippen molar-refractivity contribution >= 4 is 11.7 Å². The molecule has 3 rings (SSSR count). The van der Waals surface area contributed by atoms with Crippen LogP contribution >= 0.6 is 0 Å². The fourth-order valence-corrected chi connectivity index (χ4v) is 3.92. The zero-order chi connectivity index (χ0) is 18.0. The number of likely N-dealkylation sites (tertiary alicyclic amines) is 1. The van der Waals surface area contributed by atoms with Gasteiger partial charge in [0.05, 0.1) is 18.7 Å². The van der Waals surface area contributed by atoms with E-state index >= 15 is 0 Å². The number of piperidine rings is 1. The monoisotopic (exact) mass is 356 g/mol. The first kappa shape index (κ1) is 18.1. The lowest BCUT2D eigenvalue weighted by molar-refractivity contribution is -0.134. The summed E-state index contributed by atoms with van der Waals surface area (Å²) in [7, 11) is 1.58. The Bertz CT molecular complexity index is 607. The molecule has 1 fully saturated rings. The number of methoxy groups -OCH3 is 1. The summed E-state index contributed by atoms with van der Waals surface area (Å²) in [6.07, 6.45) is 0.0861. The first-order valence-corrected chi connectivity index (χ1v) is 8.87. The Morgan fingerprint density at radius 3 is 3.04 bits per heavy atom. The Morgan fingerprint density at radius 2 is 2.32 bits per heavy atom. The van der Waals surface area contributed by atoms with Crippen LogP contribution in [0.2, 0.25) is 0 Å². The number of hydrogen-bond acceptors (Lipinski definition) is 4. The number of fused-ring (bicyclic) bond motifs is 1. The van der Waals surface area contributed by atoms with Crippen molar-refractivity contribution in [3.05, 3.63) is 11.8 Å². The predicted molar refractivity (Wildman–Crippen MR) is 89.8 cm³/mol. The lowest BCUT2D eigenvalue weighted by atomic mass is 9.86. The van der Waals surface area contributed by atoms with Gasteiger partial charge in [0.25, 0.3) is 6.43 Å². The van der Waals surface area contributed by atoms with Crippen molar-refractivity contribution in [2.45, 2.75) is 51.1 Å². The van der Waals surface area contributed by atoms with E-state index in [1.54, 1.807) is 14.0 Å². The smallest absolute Gasteiger partial charge is 0.260 e. The van der Waals surface area contributed by atoms with Gasteiger partial charge < -0.3 is 15.0 Å². The van der Waals surface area contributed by atoms with Crippen molar-refractivity contribution in [2.75, 3.05) is 32.1 Å². The molecule has 1 aromatic rings. The van der Waals surface area contributed by atoms with Crippen LogP contribution in [0.5, 0.6) is 0 Å². The molecule has 25 heavy (non-hydrogen) atoms. The van der Waals surface area contributed by atoms with Crippen molar-refractivity contribution in [3.63, 3.8) is 0 Å². The summed E-state index contributed by atoms with van der Waals surface area (Å²) in [4.78, 5) is 14.1. The van der Waals surface area contributed by atoms with E-state index in [9.17, 15) is 13.6 Å². The first-order valence-electron chi connectivity index (χ1n) is 8.87. The number of halogens is 2. The van der Waals surface area contributed by atoms with Crippen molar-refractivity contribution in [2.24, 2.45) is 5.92 Å². The molecule has 2 aliphatic heterocycles. The molecule has 0 radical (unpaired) electrons. The number of rotatable bonds is 5. The predicted octanol–water partition coefficient (Wildman–Crippen LogP) is 2.46. The lowest BCUT2D eigenvalue weighted by Gasteiger charge is -2.41. The van der Waals surface area contributed by atoms with E-state index in [0.29, 0.717) is 31.8 Å². The molecule has 6 nitrogen and oxygen atoms in total. The molecular formula is C17H26F2N4O2. The standard InChI is InChI=1S/C17H26F2N4O2/c1-11-8-15-20-13(9-14(17(18)19)23(15)21-11)12-4-3-6-22(10-12)16(24)5-7-25-2/h8,12-14,17,20H,3-7,9-10H2,1-2H3/t12-,13-,14+/m0/s1. The number of carbonyl (C=O) groups is 1. The number of anilines is 1. The van der Waals surface area contributed by atoms with E-state index in [1.807, 2.05) is 11.0 Å². The van der Waals surface area contributed by atoms with Crippen molar-refractivity contribution < 1.29 is 18.3 Å². The molecule has 0 aliphatic carbocycles. The fourth-order valence-electron chi connectivity index (χ4n) is 3.92. The fraction of sp³-hybridized carbons (Fsp3) is 0.765. The Hall–Kier alpha value is -1.70. The SMILES string of the molecule is COCCC(=O)N1CCC[C@H]([C@@H]2C[C@H](C(F)F)n3nc(C)cc3N2)C1. The Labute approximate surface area is 146 Å². The molecule has 0 spiro atoms. The summed E-state index contributed by atoms with van der Waals surface area (Å²) in [5.74, 6) is 0.904. The first-order chi connectivity index (χ1) is 12.0. The Balaban J connectivity index is 1.70. The van der Waals surface area contributed by atoms with Gasteiger partial charge in [0, 0.05) is 32.3 Å². The molecule has 0 bridgehead atoms. The molecule has 0 saturated carbocycles. The largest absolute Gasteiger partial charge is 0.384 e. The quantitative estimate of drug-likeness (QED) is 0.880. The average Bonchev–Trinajstić information content (AvgIpc) is 2.98. The van der Waals surface area contributed by atoms with Crippen molar-refractivity contribution in [1.29, 1.82) is 0 Å². The maximum absolute atomic E-state index is 13.5. The van der Waals surface area contributed by atoms with E-state index in [4.69, 9.17) is 4.74 Å². The number of ether oxygens (including phenoxy) is 1. The number of nitrogens with one attached hydrogen (secondary N) is 1.